The lowest BCUT2D eigenvalue weighted by atomic mass is 9.96. The Bertz CT molecular complexity index is 206. The highest BCUT2D eigenvalue weighted by molar-refractivity contribution is 7.06. The molecule has 0 bridgehead atoms. The SMILES string of the molecule is CCCCCCCCCCCC(C)CCCCCC[SiH](C)Cl. The third kappa shape index (κ3) is 18.6. The molecule has 0 aromatic heterocycles. The summed E-state index contributed by atoms with van der Waals surface area (Å²) < 4.78 is 0. The standard InChI is InChI=1S/C20H43ClSi/c1-4-5-6-7-8-9-10-11-14-17-20(2)18-15-12-13-16-19-22(3)21/h20,22H,4-19H2,1-3H3. The van der Waals surface area contributed by atoms with Crippen LogP contribution >= 0.6 is 11.1 Å². The Morgan fingerprint density at radius 2 is 1.09 bits per heavy atom. The van der Waals surface area contributed by atoms with Gasteiger partial charge >= 0.3 is 0 Å². The monoisotopic (exact) mass is 346 g/mol. The van der Waals surface area contributed by atoms with Gasteiger partial charge in [-0.25, -0.2) is 0 Å². The van der Waals surface area contributed by atoms with Gasteiger partial charge in [0.25, 0.3) is 0 Å². The molecule has 2 unspecified atom stereocenters. The molecule has 134 valence electrons. The van der Waals surface area contributed by atoms with Crippen molar-refractivity contribution < 1.29 is 0 Å². The number of unbranched alkanes of at least 4 members (excludes halogenated alkanes) is 11. The van der Waals surface area contributed by atoms with Crippen molar-refractivity contribution in [3.8, 4) is 0 Å². The first-order valence-corrected chi connectivity index (χ1v) is 14.0. The second kappa shape index (κ2) is 17.9. The van der Waals surface area contributed by atoms with Crippen molar-refractivity contribution in [1.29, 1.82) is 0 Å². The molecule has 0 fully saturated rings. The lowest BCUT2D eigenvalue weighted by molar-refractivity contribution is 0.433. The van der Waals surface area contributed by atoms with Crippen molar-refractivity contribution in [2.24, 2.45) is 5.92 Å². The molecule has 0 aliphatic heterocycles. The molecule has 0 N–H and O–H groups in total. The van der Waals surface area contributed by atoms with Crippen molar-refractivity contribution in [2.75, 3.05) is 0 Å². The molecule has 0 aliphatic rings. The van der Waals surface area contributed by atoms with Crippen LogP contribution in [0.25, 0.3) is 0 Å². The molecule has 0 radical (unpaired) electrons. The van der Waals surface area contributed by atoms with Gasteiger partial charge in [-0.2, -0.15) is 11.1 Å². The van der Waals surface area contributed by atoms with Crippen LogP contribution in [0.3, 0.4) is 0 Å². The molecule has 0 saturated carbocycles. The first kappa shape index (κ1) is 22.5. The molecule has 0 rings (SSSR count). The zero-order valence-electron chi connectivity index (χ0n) is 15.8. The molecular formula is C20H43ClSi. The van der Waals surface area contributed by atoms with Gasteiger partial charge < -0.3 is 0 Å². The maximum atomic E-state index is 6.10. The fourth-order valence-corrected chi connectivity index (χ4v) is 4.53. The van der Waals surface area contributed by atoms with Crippen LogP contribution in [-0.2, 0) is 0 Å². The van der Waals surface area contributed by atoms with E-state index < -0.39 is 8.11 Å². The van der Waals surface area contributed by atoms with Gasteiger partial charge in [-0.3, -0.25) is 0 Å². The lowest BCUT2D eigenvalue weighted by Crippen LogP contribution is -1.96. The summed E-state index contributed by atoms with van der Waals surface area (Å²) in [6.07, 6.45) is 21.6. The van der Waals surface area contributed by atoms with E-state index in [0.29, 0.717) is 0 Å². The van der Waals surface area contributed by atoms with Crippen LogP contribution in [0.5, 0.6) is 0 Å². The van der Waals surface area contributed by atoms with E-state index in [1.54, 1.807) is 0 Å². The van der Waals surface area contributed by atoms with E-state index in [-0.39, 0.29) is 0 Å². The van der Waals surface area contributed by atoms with Gasteiger partial charge in [0.15, 0.2) is 0 Å². The molecule has 0 nitrogen and oxygen atoms in total. The number of hydrogen-bond donors (Lipinski definition) is 0. The molecule has 0 aromatic carbocycles. The fourth-order valence-electron chi connectivity index (χ4n) is 3.22. The van der Waals surface area contributed by atoms with Gasteiger partial charge in [0.2, 0.25) is 0 Å². The predicted octanol–water partition coefficient (Wildman–Crippen LogP) is 8.09. The highest BCUT2D eigenvalue weighted by Gasteiger charge is 2.03. The van der Waals surface area contributed by atoms with Crippen LogP contribution in [0.15, 0.2) is 0 Å². The maximum Gasteiger partial charge on any atom is 0.138 e. The van der Waals surface area contributed by atoms with E-state index in [1.807, 2.05) is 0 Å². The minimum atomic E-state index is -0.804. The van der Waals surface area contributed by atoms with Crippen LogP contribution in [0, 0.1) is 5.92 Å². The van der Waals surface area contributed by atoms with Crippen molar-refractivity contribution in [3.63, 3.8) is 0 Å². The van der Waals surface area contributed by atoms with Gasteiger partial charge in [0, 0.05) is 0 Å². The van der Waals surface area contributed by atoms with Crippen molar-refractivity contribution in [1.82, 2.24) is 0 Å². The second-order valence-corrected chi connectivity index (χ2v) is 11.9. The largest absolute Gasteiger partial charge is 0.172 e. The summed E-state index contributed by atoms with van der Waals surface area (Å²) in [4.78, 5) is 0. The van der Waals surface area contributed by atoms with E-state index in [1.165, 1.54) is 102 Å². The van der Waals surface area contributed by atoms with Crippen LogP contribution in [0.1, 0.15) is 110 Å². The molecule has 0 saturated heterocycles. The van der Waals surface area contributed by atoms with E-state index >= 15 is 0 Å². The Kier molecular flexibility index (Phi) is 18.3. The fraction of sp³-hybridized carbons (Fsp3) is 1.00. The molecule has 0 aliphatic carbocycles. The van der Waals surface area contributed by atoms with Gasteiger partial charge in [-0.05, 0) is 12.0 Å². The Hall–Kier alpha value is 0.507. The Morgan fingerprint density at radius 1 is 0.682 bits per heavy atom. The van der Waals surface area contributed by atoms with Crippen molar-refractivity contribution in [2.45, 2.75) is 123 Å². The summed E-state index contributed by atoms with van der Waals surface area (Å²) in [5, 5.41) is 0. The average molecular weight is 347 g/mol. The topological polar surface area (TPSA) is 0 Å². The quantitative estimate of drug-likeness (QED) is 0.142. The summed E-state index contributed by atoms with van der Waals surface area (Å²) >= 11 is 6.10. The van der Waals surface area contributed by atoms with Crippen LogP contribution < -0.4 is 0 Å². The summed E-state index contributed by atoms with van der Waals surface area (Å²) in [6, 6.07) is 1.33. The first-order valence-electron chi connectivity index (χ1n) is 10.3. The molecule has 0 heterocycles. The van der Waals surface area contributed by atoms with Crippen LogP contribution in [0.4, 0.5) is 0 Å². The number of halogens is 1. The molecule has 2 atom stereocenters. The molecular weight excluding hydrogens is 304 g/mol. The van der Waals surface area contributed by atoms with Crippen molar-refractivity contribution >= 4 is 19.2 Å². The number of rotatable bonds is 17. The molecule has 2 heteroatoms. The summed E-state index contributed by atoms with van der Waals surface area (Å²) in [5.74, 6) is 0.950. The summed E-state index contributed by atoms with van der Waals surface area (Å²) in [7, 11) is -0.804. The van der Waals surface area contributed by atoms with Gasteiger partial charge in [-0.15, -0.1) is 0 Å². The van der Waals surface area contributed by atoms with Gasteiger partial charge in [-0.1, -0.05) is 117 Å². The normalized spacial score (nSPS) is 14.2. The highest BCUT2D eigenvalue weighted by Crippen LogP contribution is 2.19. The zero-order valence-corrected chi connectivity index (χ0v) is 17.8. The Labute approximate surface area is 148 Å². The summed E-state index contributed by atoms with van der Waals surface area (Å²) in [6.45, 7) is 7.00. The molecule has 0 spiro atoms. The first-order chi connectivity index (χ1) is 10.7. The third-order valence-electron chi connectivity index (χ3n) is 4.85. The van der Waals surface area contributed by atoms with Crippen LogP contribution in [0.2, 0.25) is 12.6 Å². The molecule has 22 heavy (non-hydrogen) atoms. The van der Waals surface area contributed by atoms with E-state index in [4.69, 9.17) is 11.1 Å². The lowest BCUT2D eigenvalue weighted by Gasteiger charge is -2.11. The number of hydrogen-bond acceptors (Lipinski definition) is 0. The van der Waals surface area contributed by atoms with Gasteiger partial charge in [0.05, 0.1) is 0 Å². The Morgan fingerprint density at radius 3 is 1.55 bits per heavy atom. The minimum absolute atomic E-state index is 0.804. The van der Waals surface area contributed by atoms with E-state index in [0.717, 1.165) is 5.92 Å². The second-order valence-electron chi connectivity index (χ2n) is 7.49. The molecule has 0 amide bonds. The minimum Gasteiger partial charge on any atom is -0.172 e. The van der Waals surface area contributed by atoms with E-state index in [9.17, 15) is 0 Å². The smallest absolute Gasteiger partial charge is 0.138 e. The maximum absolute atomic E-state index is 6.10. The van der Waals surface area contributed by atoms with Crippen LogP contribution in [-0.4, -0.2) is 8.11 Å². The third-order valence-corrected chi connectivity index (χ3v) is 6.71. The highest BCUT2D eigenvalue weighted by atomic mass is 35.6. The molecule has 0 aromatic rings. The van der Waals surface area contributed by atoms with Crippen molar-refractivity contribution in [3.05, 3.63) is 0 Å². The zero-order chi connectivity index (χ0) is 16.5. The average Bonchev–Trinajstić information content (AvgIpc) is 2.48. The predicted molar refractivity (Wildman–Crippen MR) is 108 cm³/mol. The summed E-state index contributed by atoms with van der Waals surface area (Å²) in [5.41, 5.74) is 0. The Balaban J connectivity index is 3.14. The van der Waals surface area contributed by atoms with Gasteiger partial charge in [0.1, 0.15) is 8.11 Å². The van der Waals surface area contributed by atoms with E-state index in [2.05, 4.69) is 20.4 Å².